The molecular weight excluding hydrogens is 477 g/mol. The average molecular weight is 502 g/mol. The minimum atomic E-state index is -4.86. The van der Waals surface area contributed by atoms with Gasteiger partial charge < -0.3 is 9.55 Å². The molecule has 2 aromatic heterocycles. The molecule has 6 nitrogen and oxygen atoms in total. The van der Waals surface area contributed by atoms with Gasteiger partial charge in [0.2, 0.25) is 0 Å². The van der Waals surface area contributed by atoms with Crippen molar-refractivity contribution in [3.63, 3.8) is 0 Å². The summed E-state index contributed by atoms with van der Waals surface area (Å²) in [7, 11) is -4.86. The van der Waals surface area contributed by atoms with Gasteiger partial charge in [-0.1, -0.05) is 32.0 Å². The van der Waals surface area contributed by atoms with Crippen LogP contribution in [-0.4, -0.2) is 18.0 Å². The van der Waals surface area contributed by atoms with Crippen molar-refractivity contribution in [2.24, 2.45) is 5.92 Å². The predicted octanol–water partition coefficient (Wildman–Crippen LogP) is 6.05. The van der Waals surface area contributed by atoms with E-state index in [1.165, 1.54) is 18.2 Å². The largest absolute Gasteiger partial charge is 0.340 e. The number of aromatic amines is 1. The highest BCUT2D eigenvalue weighted by molar-refractivity contribution is 7.86. The first kappa shape index (κ1) is 23.8. The number of aromatic nitrogens is 2. The zero-order valence-corrected chi connectivity index (χ0v) is 20.9. The summed E-state index contributed by atoms with van der Waals surface area (Å²) in [6, 6.07) is 17.0. The van der Waals surface area contributed by atoms with Gasteiger partial charge >= 0.3 is 10.2 Å². The molecule has 0 fully saturated rings. The zero-order chi connectivity index (χ0) is 25.8. The van der Waals surface area contributed by atoms with Crippen LogP contribution in [0, 0.1) is 17.2 Å². The number of H-pyrrole nitrogens is 1. The maximum atomic E-state index is 13.8. The van der Waals surface area contributed by atoms with E-state index in [-0.39, 0.29) is 11.3 Å². The standard InChI is InChI=1S/C28H24FN3O3S/c1-4-32-25-14-22(18-6-5-7-20(12-18)36(29,34)35)19(10-16(2)3)13-23(25)27(33)26-21-9-8-17(15-30)11-24(21)31-28(26)32/h5-9,11-14,16,31H,4,10H2,1-3H3. The number of hydrogen-bond acceptors (Lipinski definition) is 4. The first-order valence-corrected chi connectivity index (χ1v) is 13.1. The summed E-state index contributed by atoms with van der Waals surface area (Å²) in [6.45, 7) is 6.67. The molecule has 0 amide bonds. The molecule has 0 saturated heterocycles. The van der Waals surface area contributed by atoms with Crippen molar-refractivity contribution < 1.29 is 12.3 Å². The highest BCUT2D eigenvalue weighted by Crippen LogP contribution is 2.34. The van der Waals surface area contributed by atoms with E-state index in [4.69, 9.17) is 0 Å². The fraction of sp³-hybridized carbons (Fsp3) is 0.214. The molecule has 0 saturated carbocycles. The summed E-state index contributed by atoms with van der Waals surface area (Å²) in [6.07, 6.45) is 0.654. The van der Waals surface area contributed by atoms with Gasteiger partial charge in [-0.05, 0) is 72.4 Å². The minimum absolute atomic E-state index is 0.114. The number of benzene rings is 3. The second-order valence-corrected chi connectivity index (χ2v) is 10.7. The maximum Gasteiger partial charge on any atom is 0.332 e. The molecule has 2 heterocycles. The van der Waals surface area contributed by atoms with Gasteiger partial charge in [-0.15, -0.1) is 3.89 Å². The van der Waals surface area contributed by atoms with Crippen LogP contribution in [0.1, 0.15) is 31.9 Å². The summed E-state index contributed by atoms with van der Waals surface area (Å²) in [4.78, 5) is 16.8. The van der Waals surface area contributed by atoms with E-state index >= 15 is 0 Å². The topological polar surface area (TPSA) is 95.7 Å². The van der Waals surface area contributed by atoms with Crippen molar-refractivity contribution in [2.75, 3.05) is 0 Å². The van der Waals surface area contributed by atoms with Gasteiger partial charge in [-0.25, -0.2) is 0 Å². The Bertz CT molecular complexity index is 1890. The number of halogens is 1. The number of nitrogens with zero attached hydrogens (tertiary/aromatic N) is 2. The summed E-state index contributed by atoms with van der Waals surface area (Å²) < 4.78 is 39.0. The third-order valence-electron chi connectivity index (χ3n) is 6.53. The van der Waals surface area contributed by atoms with Crippen LogP contribution in [0.4, 0.5) is 3.89 Å². The molecule has 0 aliphatic rings. The quantitative estimate of drug-likeness (QED) is 0.297. The van der Waals surface area contributed by atoms with E-state index in [2.05, 4.69) is 24.9 Å². The van der Waals surface area contributed by atoms with Crippen LogP contribution in [-0.2, 0) is 23.2 Å². The second-order valence-electron chi connectivity index (χ2n) is 9.38. The van der Waals surface area contributed by atoms with Crippen molar-refractivity contribution in [1.29, 1.82) is 5.26 Å². The molecule has 5 rings (SSSR count). The van der Waals surface area contributed by atoms with Gasteiger partial charge in [0.15, 0.2) is 5.43 Å². The molecule has 8 heteroatoms. The van der Waals surface area contributed by atoms with Crippen molar-refractivity contribution >= 4 is 43.1 Å². The molecule has 3 aromatic carbocycles. The fourth-order valence-electron chi connectivity index (χ4n) is 5.00. The molecule has 0 bridgehead atoms. The Hall–Kier alpha value is -3.96. The van der Waals surface area contributed by atoms with Gasteiger partial charge in [-0.2, -0.15) is 13.7 Å². The Morgan fingerprint density at radius 2 is 1.86 bits per heavy atom. The Kier molecular flexibility index (Phi) is 5.68. The van der Waals surface area contributed by atoms with Crippen molar-refractivity contribution in [3.8, 4) is 17.2 Å². The number of nitrogens with one attached hydrogen (secondary N) is 1. The number of rotatable bonds is 5. The van der Waals surface area contributed by atoms with Crippen LogP contribution in [0.3, 0.4) is 0 Å². The van der Waals surface area contributed by atoms with Crippen LogP contribution >= 0.6 is 0 Å². The van der Waals surface area contributed by atoms with Crippen molar-refractivity contribution in [3.05, 3.63) is 75.9 Å². The van der Waals surface area contributed by atoms with Crippen LogP contribution in [0.5, 0.6) is 0 Å². The highest BCUT2D eigenvalue weighted by atomic mass is 32.3. The van der Waals surface area contributed by atoms with E-state index < -0.39 is 15.1 Å². The third-order valence-corrected chi connectivity index (χ3v) is 7.35. The first-order valence-electron chi connectivity index (χ1n) is 11.7. The molecule has 36 heavy (non-hydrogen) atoms. The van der Waals surface area contributed by atoms with E-state index in [0.29, 0.717) is 51.5 Å². The van der Waals surface area contributed by atoms with E-state index in [9.17, 15) is 22.4 Å². The number of hydrogen-bond donors (Lipinski definition) is 1. The predicted molar refractivity (Wildman–Crippen MR) is 140 cm³/mol. The summed E-state index contributed by atoms with van der Waals surface area (Å²) in [5.41, 5.74) is 4.65. The minimum Gasteiger partial charge on any atom is -0.340 e. The van der Waals surface area contributed by atoms with Crippen LogP contribution < -0.4 is 5.43 Å². The SMILES string of the molecule is CCn1c2cc(-c3cccc(S(=O)(=O)F)c3)c(CC(C)C)cc2c(=O)c2c3ccc(C#N)cc3[nH]c21. The van der Waals surface area contributed by atoms with Gasteiger partial charge in [-0.3, -0.25) is 4.79 Å². The van der Waals surface area contributed by atoms with Crippen molar-refractivity contribution in [2.45, 2.75) is 38.6 Å². The first-order chi connectivity index (χ1) is 17.1. The third kappa shape index (κ3) is 3.86. The Morgan fingerprint density at radius 3 is 2.53 bits per heavy atom. The maximum absolute atomic E-state index is 13.8. The summed E-state index contributed by atoms with van der Waals surface area (Å²) in [5, 5.41) is 11.2. The average Bonchev–Trinajstić information content (AvgIpc) is 3.22. The molecule has 0 unspecified atom stereocenters. The lowest BCUT2D eigenvalue weighted by Gasteiger charge is -2.17. The molecule has 0 aliphatic heterocycles. The molecule has 182 valence electrons. The number of pyridine rings is 1. The smallest absolute Gasteiger partial charge is 0.332 e. The fourth-order valence-corrected chi connectivity index (χ4v) is 5.51. The molecule has 5 aromatic rings. The molecule has 0 spiro atoms. The van der Waals surface area contributed by atoms with Gasteiger partial charge in [0.1, 0.15) is 5.65 Å². The molecular formula is C28H24FN3O3S. The second kappa shape index (κ2) is 8.61. The number of fused-ring (bicyclic) bond motifs is 4. The molecule has 1 N–H and O–H groups in total. The van der Waals surface area contributed by atoms with Crippen LogP contribution in [0.15, 0.2) is 64.3 Å². The van der Waals surface area contributed by atoms with Crippen LogP contribution in [0.25, 0.3) is 44.0 Å². The normalized spacial score (nSPS) is 12.1. The number of aryl methyl sites for hydroxylation is 1. The molecule has 0 atom stereocenters. The molecule has 0 radical (unpaired) electrons. The van der Waals surface area contributed by atoms with E-state index in [0.717, 1.165) is 16.5 Å². The van der Waals surface area contributed by atoms with Gasteiger partial charge in [0.25, 0.3) is 0 Å². The summed E-state index contributed by atoms with van der Waals surface area (Å²) >= 11 is 0. The zero-order valence-electron chi connectivity index (χ0n) is 20.1. The lowest BCUT2D eigenvalue weighted by atomic mass is 9.91. The monoisotopic (exact) mass is 501 g/mol. The lowest BCUT2D eigenvalue weighted by Crippen LogP contribution is -2.12. The number of nitriles is 1. The summed E-state index contributed by atoms with van der Waals surface area (Å²) in [5.74, 6) is 0.268. The molecule has 0 aliphatic carbocycles. The van der Waals surface area contributed by atoms with Crippen LogP contribution in [0.2, 0.25) is 0 Å². The van der Waals surface area contributed by atoms with Crippen molar-refractivity contribution in [1.82, 2.24) is 9.55 Å². The highest BCUT2D eigenvalue weighted by Gasteiger charge is 2.20. The Labute approximate surface area is 207 Å². The Balaban J connectivity index is 1.91. The lowest BCUT2D eigenvalue weighted by molar-refractivity contribution is 0.552. The van der Waals surface area contributed by atoms with Gasteiger partial charge in [0.05, 0.1) is 27.4 Å². The van der Waals surface area contributed by atoms with E-state index in [1.807, 2.05) is 23.6 Å². The van der Waals surface area contributed by atoms with Gasteiger partial charge in [0, 0.05) is 22.8 Å². The van der Waals surface area contributed by atoms with E-state index in [1.54, 1.807) is 24.3 Å². The Morgan fingerprint density at radius 1 is 1.08 bits per heavy atom.